The SMILES string of the molecule is C=CCc1ccccc1OCCOc1ccc(Cl)cc1/C=N/NC(N)=S. The first-order valence-corrected chi connectivity index (χ1v) is 8.71. The van der Waals surface area contributed by atoms with Gasteiger partial charge in [0.1, 0.15) is 24.7 Å². The molecule has 136 valence electrons. The van der Waals surface area contributed by atoms with Crippen LogP contribution in [0.2, 0.25) is 5.02 Å². The molecule has 0 fully saturated rings. The summed E-state index contributed by atoms with van der Waals surface area (Å²) in [5, 5.41) is 4.58. The second-order valence-electron chi connectivity index (χ2n) is 5.21. The zero-order valence-corrected chi connectivity index (χ0v) is 15.7. The minimum absolute atomic E-state index is 0.0809. The van der Waals surface area contributed by atoms with E-state index in [1.807, 2.05) is 30.3 Å². The molecule has 0 aliphatic heterocycles. The maximum Gasteiger partial charge on any atom is 0.184 e. The van der Waals surface area contributed by atoms with Crippen LogP contribution < -0.4 is 20.6 Å². The Hall–Kier alpha value is -2.57. The summed E-state index contributed by atoms with van der Waals surface area (Å²) in [6.45, 7) is 4.53. The summed E-state index contributed by atoms with van der Waals surface area (Å²) in [5.41, 5.74) is 9.62. The third-order valence-electron chi connectivity index (χ3n) is 3.29. The minimum Gasteiger partial charge on any atom is -0.490 e. The number of hydrogen-bond acceptors (Lipinski definition) is 4. The van der Waals surface area contributed by atoms with Crippen LogP contribution in [0.5, 0.6) is 11.5 Å². The molecule has 0 spiro atoms. The van der Waals surface area contributed by atoms with E-state index in [2.05, 4.69) is 17.1 Å². The summed E-state index contributed by atoms with van der Waals surface area (Å²) in [4.78, 5) is 0. The van der Waals surface area contributed by atoms with Gasteiger partial charge in [-0.25, -0.2) is 0 Å². The van der Waals surface area contributed by atoms with Crippen LogP contribution in [-0.2, 0) is 6.42 Å². The smallest absolute Gasteiger partial charge is 0.184 e. The Bertz CT molecular complexity index is 796. The topological polar surface area (TPSA) is 68.9 Å². The third kappa shape index (κ3) is 6.38. The van der Waals surface area contributed by atoms with Gasteiger partial charge in [0.25, 0.3) is 0 Å². The van der Waals surface area contributed by atoms with E-state index in [0.717, 1.165) is 17.7 Å². The fourth-order valence-electron chi connectivity index (χ4n) is 2.19. The molecule has 0 saturated carbocycles. The fraction of sp³-hybridized carbons (Fsp3) is 0.158. The summed E-state index contributed by atoms with van der Waals surface area (Å²) in [6, 6.07) is 13.1. The van der Waals surface area contributed by atoms with Crippen LogP contribution in [0.15, 0.2) is 60.2 Å². The van der Waals surface area contributed by atoms with E-state index >= 15 is 0 Å². The van der Waals surface area contributed by atoms with Crippen molar-refractivity contribution in [3.63, 3.8) is 0 Å². The van der Waals surface area contributed by atoms with Crippen LogP contribution in [0.4, 0.5) is 0 Å². The van der Waals surface area contributed by atoms with Gasteiger partial charge in [-0.3, -0.25) is 5.43 Å². The Morgan fingerprint density at radius 3 is 2.65 bits per heavy atom. The number of allylic oxidation sites excluding steroid dienone is 1. The molecule has 0 unspecified atom stereocenters. The van der Waals surface area contributed by atoms with Crippen molar-refractivity contribution in [3.05, 3.63) is 71.3 Å². The lowest BCUT2D eigenvalue weighted by atomic mass is 10.1. The molecule has 0 radical (unpaired) electrons. The fourth-order valence-corrected chi connectivity index (χ4v) is 2.42. The number of rotatable bonds is 9. The quantitative estimate of drug-likeness (QED) is 0.225. The van der Waals surface area contributed by atoms with Crippen LogP contribution >= 0.6 is 23.8 Å². The van der Waals surface area contributed by atoms with Crippen molar-refractivity contribution in [2.45, 2.75) is 6.42 Å². The molecule has 0 saturated heterocycles. The highest BCUT2D eigenvalue weighted by Gasteiger charge is 2.05. The number of nitrogens with zero attached hydrogens (tertiary/aromatic N) is 1. The summed E-state index contributed by atoms with van der Waals surface area (Å²) in [5.74, 6) is 1.46. The zero-order valence-electron chi connectivity index (χ0n) is 14.2. The lowest BCUT2D eigenvalue weighted by molar-refractivity contribution is 0.216. The van der Waals surface area contributed by atoms with Crippen LogP contribution in [0.3, 0.4) is 0 Å². The Labute approximate surface area is 163 Å². The molecule has 2 rings (SSSR count). The highest BCUT2D eigenvalue weighted by molar-refractivity contribution is 7.80. The Morgan fingerprint density at radius 1 is 1.19 bits per heavy atom. The molecule has 2 aromatic rings. The standard InChI is InChI=1S/C19H20ClN3O2S/c1-2-5-14-6-3-4-7-17(14)24-10-11-25-18-9-8-16(20)12-15(18)13-22-23-19(21)26/h2-4,6-9,12-13H,1,5,10-11H2,(H3,21,23,26)/b22-13+. The van der Waals surface area contributed by atoms with E-state index in [9.17, 15) is 0 Å². The van der Waals surface area contributed by atoms with Gasteiger partial charge in [-0.05, 0) is 48.5 Å². The molecular weight excluding hydrogens is 370 g/mol. The highest BCUT2D eigenvalue weighted by Crippen LogP contribution is 2.22. The average Bonchev–Trinajstić information content (AvgIpc) is 2.61. The van der Waals surface area contributed by atoms with Crippen molar-refractivity contribution in [2.24, 2.45) is 10.8 Å². The van der Waals surface area contributed by atoms with E-state index in [-0.39, 0.29) is 5.11 Å². The first-order chi connectivity index (χ1) is 12.6. The van der Waals surface area contributed by atoms with Crippen LogP contribution in [0, 0.1) is 0 Å². The molecule has 3 N–H and O–H groups in total. The monoisotopic (exact) mass is 389 g/mol. The minimum atomic E-state index is 0.0809. The largest absolute Gasteiger partial charge is 0.490 e. The zero-order chi connectivity index (χ0) is 18.8. The third-order valence-corrected chi connectivity index (χ3v) is 3.61. The number of halogens is 1. The molecule has 0 heterocycles. The summed E-state index contributed by atoms with van der Waals surface area (Å²) in [7, 11) is 0. The number of hydrogen-bond donors (Lipinski definition) is 2. The molecule has 0 aliphatic carbocycles. The van der Waals surface area contributed by atoms with Crippen LogP contribution in [0.1, 0.15) is 11.1 Å². The summed E-state index contributed by atoms with van der Waals surface area (Å²) in [6.07, 6.45) is 4.14. The van der Waals surface area contributed by atoms with Crippen molar-refractivity contribution >= 4 is 35.1 Å². The van der Waals surface area contributed by atoms with Crippen molar-refractivity contribution in [3.8, 4) is 11.5 Å². The molecule has 0 atom stereocenters. The van der Waals surface area contributed by atoms with Gasteiger partial charge in [-0.15, -0.1) is 6.58 Å². The maximum absolute atomic E-state index is 6.03. The Kier molecular flexibility index (Phi) is 7.92. The Balaban J connectivity index is 1.94. The average molecular weight is 390 g/mol. The van der Waals surface area contributed by atoms with Gasteiger partial charge in [0.05, 0.1) is 6.21 Å². The van der Waals surface area contributed by atoms with Gasteiger partial charge in [-0.1, -0.05) is 35.9 Å². The molecular formula is C19H20ClN3O2S. The number of para-hydroxylation sites is 1. The molecule has 26 heavy (non-hydrogen) atoms. The van der Waals surface area contributed by atoms with Crippen molar-refractivity contribution in [1.29, 1.82) is 0 Å². The van der Waals surface area contributed by atoms with E-state index in [1.54, 1.807) is 24.4 Å². The molecule has 0 aliphatic rings. The van der Waals surface area contributed by atoms with Crippen molar-refractivity contribution in [1.82, 2.24) is 5.43 Å². The van der Waals surface area contributed by atoms with E-state index in [0.29, 0.717) is 29.5 Å². The number of nitrogens with one attached hydrogen (secondary N) is 1. The summed E-state index contributed by atoms with van der Waals surface area (Å²) < 4.78 is 11.6. The summed E-state index contributed by atoms with van der Waals surface area (Å²) >= 11 is 10.7. The van der Waals surface area contributed by atoms with Gasteiger partial charge in [-0.2, -0.15) is 5.10 Å². The molecule has 7 heteroatoms. The lowest BCUT2D eigenvalue weighted by Crippen LogP contribution is -2.24. The van der Waals surface area contributed by atoms with E-state index in [1.165, 1.54) is 0 Å². The van der Waals surface area contributed by atoms with Crippen molar-refractivity contribution in [2.75, 3.05) is 13.2 Å². The molecule has 0 aromatic heterocycles. The number of ether oxygens (including phenoxy) is 2. The number of benzene rings is 2. The molecule has 5 nitrogen and oxygen atoms in total. The van der Waals surface area contributed by atoms with Gasteiger partial charge in [0, 0.05) is 10.6 Å². The predicted octanol–water partition coefficient (Wildman–Crippen LogP) is 3.69. The van der Waals surface area contributed by atoms with Crippen LogP contribution in [-0.4, -0.2) is 24.5 Å². The van der Waals surface area contributed by atoms with Gasteiger partial charge >= 0.3 is 0 Å². The highest BCUT2D eigenvalue weighted by atomic mass is 35.5. The molecule has 0 amide bonds. The maximum atomic E-state index is 6.03. The first-order valence-electron chi connectivity index (χ1n) is 7.92. The Morgan fingerprint density at radius 2 is 1.92 bits per heavy atom. The van der Waals surface area contributed by atoms with E-state index < -0.39 is 0 Å². The predicted molar refractivity (Wildman–Crippen MR) is 110 cm³/mol. The first kappa shape index (κ1) is 19.8. The number of hydrazone groups is 1. The second kappa shape index (κ2) is 10.4. The van der Waals surface area contributed by atoms with E-state index in [4.69, 9.17) is 39.0 Å². The van der Waals surface area contributed by atoms with Gasteiger partial charge in [0.15, 0.2) is 5.11 Å². The second-order valence-corrected chi connectivity index (χ2v) is 6.09. The van der Waals surface area contributed by atoms with Gasteiger partial charge < -0.3 is 15.2 Å². The van der Waals surface area contributed by atoms with Crippen LogP contribution in [0.25, 0.3) is 0 Å². The molecule has 2 aromatic carbocycles. The molecule has 0 bridgehead atoms. The normalized spacial score (nSPS) is 10.5. The number of thiocarbonyl (C=S) groups is 1. The van der Waals surface area contributed by atoms with Gasteiger partial charge in [0.2, 0.25) is 0 Å². The number of nitrogens with two attached hydrogens (primary N) is 1. The van der Waals surface area contributed by atoms with Crippen molar-refractivity contribution < 1.29 is 9.47 Å². The lowest BCUT2D eigenvalue weighted by Gasteiger charge is -2.12.